The first-order valence-electron chi connectivity index (χ1n) is 12.6. The van der Waals surface area contributed by atoms with Crippen molar-refractivity contribution in [3.05, 3.63) is 59.9 Å². The third kappa shape index (κ3) is 4.69. The number of carbonyl (C=O) groups is 1. The molecule has 0 amide bonds. The highest BCUT2D eigenvalue weighted by Gasteiger charge is 2.28. The summed E-state index contributed by atoms with van der Waals surface area (Å²) in [7, 11) is -1.26. The normalized spacial score (nSPS) is 14.3. The van der Waals surface area contributed by atoms with E-state index in [0.717, 1.165) is 31.6 Å². The van der Waals surface area contributed by atoms with Crippen LogP contribution in [0.15, 0.2) is 53.6 Å². The van der Waals surface area contributed by atoms with Crippen LogP contribution in [0.4, 0.5) is 0 Å². The van der Waals surface area contributed by atoms with Crippen molar-refractivity contribution in [1.82, 2.24) is 13.9 Å². The Kier molecular flexibility index (Phi) is 7.27. The predicted octanol–water partition coefficient (Wildman–Crippen LogP) is 4.39. The van der Waals surface area contributed by atoms with E-state index in [4.69, 9.17) is 14.2 Å². The number of hydrogen-bond donors (Lipinski definition) is 0. The lowest BCUT2D eigenvalue weighted by molar-refractivity contribution is 0.0596. The van der Waals surface area contributed by atoms with Gasteiger partial charge in [0.05, 0.1) is 36.8 Å². The Morgan fingerprint density at radius 1 is 1.00 bits per heavy atom. The lowest BCUT2D eigenvalue weighted by Crippen LogP contribution is -2.22. The highest BCUT2D eigenvalue weighted by molar-refractivity contribution is 7.90. The van der Waals surface area contributed by atoms with Crippen LogP contribution in [0.1, 0.15) is 35.3 Å². The van der Waals surface area contributed by atoms with E-state index in [1.165, 1.54) is 37.2 Å². The molecule has 2 aromatic carbocycles. The summed E-state index contributed by atoms with van der Waals surface area (Å²) in [6, 6.07) is 11.6. The molecule has 1 aliphatic rings. The number of hydrogen-bond acceptors (Lipinski definition) is 8. The molecule has 200 valence electrons. The minimum absolute atomic E-state index is 0.0224. The van der Waals surface area contributed by atoms with Crippen LogP contribution in [0.2, 0.25) is 0 Å². The molecule has 0 atom stereocenters. The zero-order valence-electron chi connectivity index (χ0n) is 21.8. The first kappa shape index (κ1) is 26.0. The van der Waals surface area contributed by atoms with Gasteiger partial charge in [-0.25, -0.2) is 22.2 Å². The van der Waals surface area contributed by atoms with Crippen LogP contribution in [-0.4, -0.2) is 68.7 Å². The van der Waals surface area contributed by atoms with Gasteiger partial charge >= 0.3 is 5.97 Å². The van der Waals surface area contributed by atoms with Gasteiger partial charge in [-0.3, -0.25) is 0 Å². The molecule has 0 saturated carbocycles. The van der Waals surface area contributed by atoms with Gasteiger partial charge in [-0.1, -0.05) is 17.7 Å². The highest BCUT2D eigenvalue weighted by atomic mass is 32.2. The Bertz CT molecular complexity index is 1590. The molecule has 1 fully saturated rings. The van der Waals surface area contributed by atoms with Crippen molar-refractivity contribution in [1.29, 1.82) is 0 Å². The molecule has 3 heterocycles. The third-order valence-electron chi connectivity index (χ3n) is 6.93. The number of esters is 1. The smallest absolute Gasteiger partial charge is 0.357 e. The Hall–Kier alpha value is -3.63. The molecule has 1 saturated heterocycles. The maximum atomic E-state index is 14.0. The SMILES string of the molecule is COC(=O)c1nccc2c1c1cc(OC)c(OCCCN3CCCC3)cc1n2S(=O)(=O)c1ccc(C)cc1. The molecule has 2 aromatic heterocycles. The quantitative estimate of drug-likeness (QED) is 0.229. The van der Waals surface area contributed by atoms with E-state index >= 15 is 0 Å². The summed E-state index contributed by atoms with van der Waals surface area (Å²) >= 11 is 0. The molecule has 0 aliphatic carbocycles. The number of benzene rings is 2. The van der Waals surface area contributed by atoms with Gasteiger partial charge in [0.25, 0.3) is 10.0 Å². The zero-order chi connectivity index (χ0) is 26.9. The van der Waals surface area contributed by atoms with Crippen molar-refractivity contribution in [2.24, 2.45) is 0 Å². The summed E-state index contributed by atoms with van der Waals surface area (Å²) in [6.45, 7) is 5.52. The lowest BCUT2D eigenvalue weighted by atomic mass is 10.1. The van der Waals surface area contributed by atoms with Gasteiger partial charge in [-0.05, 0) is 63.5 Å². The summed E-state index contributed by atoms with van der Waals surface area (Å²) in [4.78, 5) is 19.4. The van der Waals surface area contributed by atoms with Crippen molar-refractivity contribution in [3.63, 3.8) is 0 Å². The number of aromatic nitrogens is 2. The summed E-state index contributed by atoms with van der Waals surface area (Å²) in [5.41, 5.74) is 1.63. The van der Waals surface area contributed by atoms with Crippen molar-refractivity contribution in [2.45, 2.75) is 31.1 Å². The summed E-state index contributed by atoms with van der Waals surface area (Å²) in [5, 5.41) is 0.856. The van der Waals surface area contributed by atoms with Crippen molar-refractivity contribution in [3.8, 4) is 11.5 Å². The molecule has 1 aliphatic heterocycles. The molecule has 9 nitrogen and oxygen atoms in total. The van der Waals surface area contributed by atoms with Gasteiger partial charge in [0.15, 0.2) is 17.2 Å². The van der Waals surface area contributed by atoms with E-state index in [2.05, 4.69) is 9.88 Å². The number of methoxy groups -OCH3 is 2. The third-order valence-corrected chi connectivity index (χ3v) is 8.67. The molecule has 0 bridgehead atoms. The van der Waals surface area contributed by atoms with Crippen molar-refractivity contribution >= 4 is 37.8 Å². The second-order valence-corrected chi connectivity index (χ2v) is 11.2. The number of pyridine rings is 1. The fraction of sp³-hybridized carbons (Fsp3) is 0.357. The molecule has 4 aromatic rings. The largest absolute Gasteiger partial charge is 0.493 e. The van der Waals surface area contributed by atoms with Crippen LogP contribution >= 0.6 is 0 Å². The van der Waals surface area contributed by atoms with E-state index in [-0.39, 0.29) is 10.6 Å². The van der Waals surface area contributed by atoms with E-state index < -0.39 is 16.0 Å². The number of ether oxygens (including phenoxy) is 3. The Labute approximate surface area is 222 Å². The second-order valence-electron chi connectivity index (χ2n) is 9.40. The Morgan fingerprint density at radius 3 is 2.42 bits per heavy atom. The van der Waals surface area contributed by atoms with Crippen LogP contribution < -0.4 is 9.47 Å². The van der Waals surface area contributed by atoms with Gasteiger partial charge in [0.2, 0.25) is 0 Å². The van der Waals surface area contributed by atoms with Crippen LogP contribution in [0, 0.1) is 6.92 Å². The van der Waals surface area contributed by atoms with Gasteiger partial charge in [0, 0.05) is 29.6 Å². The molecule has 10 heteroatoms. The minimum atomic E-state index is -4.05. The summed E-state index contributed by atoms with van der Waals surface area (Å²) in [6.07, 6.45) is 4.70. The molecule has 38 heavy (non-hydrogen) atoms. The molecule has 0 N–H and O–H groups in total. The number of carbonyl (C=O) groups excluding carboxylic acids is 1. The van der Waals surface area contributed by atoms with Crippen LogP contribution in [0.3, 0.4) is 0 Å². The highest BCUT2D eigenvalue weighted by Crippen LogP contribution is 2.40. The van der Waals surface area contributed by atoms with Gasteiger partial charge in [-0.15, -0.1) is 0 Å². The maximum absolute atomic E-state index is 14.0. The Morgan fingerprint density at radius 2 is 1.74 bits per heavy atom. The standard InChI is InChI=1S/C28H31N3O6S/c1-19-7-9-20(10-8-19)38(33,34)31-22-11-12-29-27(28(32)36-3)26(22)21-17-24(35-2)25(18-23(21)31)37-16-6-15-30-13-4-5-14-30/h7-12,17-18H,4-6,13-16H2,1-3H3. The molecule has 5 rings (SSSR count). The number of fused-ring (bicyclic) bond motifs is 3. The average molecular weight is 538 g/mol. The fourth-order valence-electron chi connectivity index (χ4n) is 5.01. The lowest BCUT2D eigenvalue weighted by Gasteiger charge is -2.16. The van der Waals surface area contributed by atoms with Crippen LogP contribution in [0.5, 0.6) is 11.5 Å². The zero-order valence-corrected chi connectivity index (χ0v) is 22.6. The first-order valence-corrected chi connectivity index (χ1v) is 14.1. The topological polar surface area (TPSA) is 100.0 Å². The fourth-order valence-corrected chi connectivity index (χ4v) is 6.52. The number of nitrogens with zero attached hydrogens (tertiary/aromatic N) is 3. The Balaban J connectivity index is 1.67. The van der Waals surface area contributed by atoms with E-state index in [9.17, 15) is 13.2 Å². The van der Waals surface area contributed by atoms with E-state index in [1.807, 2.05) is 6.92 Å². The molecular weight excluding hydrogens is 506 g/mol. The van der Waals surface area contributed by atoms with Crippen molar-refractivity contribution in [2.75, 3.05) is 40.5 Å². The van der Waals surface area contributed by atoms with Gasteiger partial charge in [0.1, 0.15) is 0 Å². The number of likely N-dealkylation sites (tertiary alicyclic amines) is 1. The van der Waals surface area contributed by atoms with Gasteiger partial charge in [-0.2, -0.15) is 0 Å². The summed E-state index contributed by atoms with van der Waals surface area (Å²) < 4.78 is 45.9. The maximum Gasteiger partial charge on any atom is 0.357 e. The molecular formula is C28H31N3O6S. The van der Waals surface area contributed by atoms with Crippen molar-refractivity contribution < 1.29 is 27.4 Å². The first-order chi connectivity index (χ1) is 18.3. The minimum Gasteiger partial charge on any atom is -0.493 e. The van der Waals surface area contributed by atoms with Crippen LogP contribution in [0.25, 0.3) is 21.8 Å². The summed E-state index contributed by atoms with van der Waals surface area (Å²) in [5.74, 6) is 0.200. The monoisotopic (exact) mass is 537 g/mol. The van der Waals surface area contributed by atoms with Gasteiger partial charge < -0.3 is 19.1 Å². The van der Waals surface area contributed by atoms with E-state index in [1.54, 1.807) is 42.5 Å². The molecule has 0 spiro atoms. The predicted molar refractivity (Wildman–Crippen MR) is 145 cm³/mol. The molecule has 0 radical (unpaired) electrons. The van der Waals surface area contributed by atoms with E-state index in [0.29, 0.717) is 39.9 Å². The number of rotatable bonds is 9. The molecule has 0 unspecified atom stereocenters. The number of aryl methyl sites for hydroxylation is 1. The van der Waals surface area contributed by atoms with Crippen LogP contribution in [-0.2, 0) is 14.8 Å². The second kappa shape index (κ2) is 10.6. The average Bonchev–Trinajstić information content (AvgIpc) is 3.56.